The van der Waals surface area contributed by atoms with Crippen LogP contribution in [0.25, 0.3) is 11.1 Å². The van der Waals surface area contributed by atoms with Crippen LogP contribution < -0.4 is 10.2 Å². The van der Waals surface area contributed by atoms with Crippen molar-refractivity contribution < 1.29 is 9.13 Å². The molecule has 1 aliphatic rings. The van der Waals surface area contributed by atoms with Gasteiger partial charge in [0.25, 0.3) is 0 Å². The molecule has 0 saturated carbocycles. The summed E-state index contributed by atoms with van der Waals surface area (Å²) in [5.41, 5.74) is 3.23. The Morgan fingerprint density at radius 2 is 1.77 bits per heavy atom. The Bertz CT molecular complexity index is 1000. The summed E-state index contributed by atoms with van der Waals surface area (Å²) < 4.78 is 19.9. The molecule has 2 aromatic heterocycles. The van der Waals surface area contributed by atoms with Crippen LogP contribution in [0.4, 0.5) is 22.0 Å². The van der Waals surface area contributed by atoms with Gasteiger partial charge in [-0.3, -0.25) is 0 Å². The minimum Gasteiger partial charge on any atom is -0.372 e. The average molecular weight is 408 g/mol. The van der Waals surface area contributed by atoms with Crippen molar-refractivity contribution in [2.75, 3.05) is 23.3 Å². The van der Waals surface area contributed by atoms with Gasteiger partial charge in [-0.15, -0.1) is 5.10 Å². The number of benzene rings is 1. The molecule has 8 heteroatoms. The van der Waals surface area contributed by atoms with Gasteiger partial charge in [-0.2, -0.15) is 19.5 Å². The van der Waals surface area contributed by atoms with Crippen LogP contribution in [0, 0.1) is 5.95 Å². The monoisotopic (exact) mass is 408 g/mol. The molecule has 0 amide bonds. The summed E-state index contributed by atoms with van der Waals surface area (Å²) >= 11 is 0. The van der Waals surface area contributed by atoms with Crippen LogP contribution in [0.1, 0.15) is 26.3 Å². The minimum atomic E-state index is -0.603. The summed E-state index contributed by atoms with van der Waals surface area (Å²) in [5, 5.41) is 11.2. The zero-order valence-corrected chi connectivity index (χ0v) is 17.3. The second-order valence-corrected chi connectivity index (χ2v) is 7.54. The third-order valence-electron chi connectivity index (χ3n) is 4.99. The molecular formula is C22H25FN6O. The van der Waals surface area contributed by atoms with Crippen LogP contribution in [0.3, 0.4) is 0 Å². The number of anilines is 3. The highest BCUT2D eigenvalue weighted by Crippen LogP contribution is 2.24. The Morgan fingerprint density at radius 3 is 2.47 bits per heavy atom. The molecule has 0 radical (unpaired) electrons. The van der Waals surface area contributed by atoms with E-state index in [0.29, 0.717) is 30.7 Å². The van der Waals surface area contributed by atoms with E-state index in [1.54, 1.807) is 6.20 Å². The molecule has 1 aromatic carbocycles. The number of morpholine rings is 1. The molecule has 4 rings (SSSR count). The number of halogens is 1. The summed E-state index contributed by atoms with van der Waals surface area (Å²) in [6, 6.07) is 11.4. The predicted octanol–water partition coefficient (Wildman–Crippen LogP) is 3.99. The molecule has 1 fully saturated rings. The first-order valence-corrected chi connectivity index (χ1v) is 10.1. The van der Waals surface area contributed by atoms with Crippen molar-refractivity contribution >= 4 is 17.6 Å². The van der Waals surface area contributed by atoms with Gasteiger partial charge in [0.2, 0.25) is 11.9 Å². The standard InChI is InChI=1S/C22H25FN6O/c1-4-16-5-7-17(8-6-16)18-9-21(28-24-11-18)26-20-10-19(23)25-22(27-20)29-12-14(2)30-15(3)13-29/h5-11,14-15H,4,12-13H2,1-3H3,(H,25,26,27,28)/t14-,15+. The average Bonchev–Trinajstić information content (AvgIpc) is 2.73. The second kappa shape index (κ2) is 8.71. The van der Waals surface area contributed by atoms with E-state index in [-0.39, 0.29) is 12.2 Å². The highest BCUT2D eigenvalue weighted by molar-refractivity contribution is 5.67. The Balaban J connectivity index is 1.56. The first kappa shape index (κ1) is 20.2. The van der Waals surface area contributed by atoms with Gasteiger partial charge in [-0.05, 0) is 37.5 Å². The maximum Gasteiger partial charge on any atom is 0.230 e. The second-order valence-electron chi connectivity index (χ2n) is 7.54. The van der Waals surface area contributed by atoms with E-state index in [1.807, 2.05) is 24.8 Å². The van der Waals surface area contributed by atoms with E-state index in [0.717, 1.165) is 17.5 Å². The Labute approximate surface area is 175 Å². The normalized spacial score (nSPS) is 19.0. The fourth-order valence-corrected chi connectivity index (χ4v) is 3.60. The molecule has 1 N–H and O–H groups in total. The molecule has 0 spiro atoms. The summed E-state index contributed by atoms with van der Waals surface area (Å²) in [6.07, 6.45) is 2.75. The van der Waals surface area contributed by atoms with Gasteiger partial charge in [0.15, 0.2) is 5.82 Å². The quantitative estimate of drug-likeness (QED) is 0.640. The third-order valence-corrected chi connectivity index (χ3v) is 4.99. The van der Waals surface area contributed by atoms with E-state index in [9.17, 15) is 4.39 Å². The van der Waals surface area contributed by atoms with Gasteiger partial charge in [0, 0.05) is 24.7 Å². The SMILES string of the molecule is CCc1ccc(-c2cnnc(Nc3cc(F)nc(N4C[C@@H](C)O[C@@H](C)C4)n3)c2)cc1. The number of nitrogens with zero attached hydrogens (tertiary/aromatic N) is 5. The number of ether oxygens (including phenoxy) is 1. The lowest BCUT2D eigenvalue weighted by Gasteiger charge is -2.35. The fraction of sp³-hybridized carbons (Fsp3) is 0.364. The van der Waals surface area contributed by atoms with Crippen molar-refractivity contribution in [1.82, 2.24) is 20.2 Å². The van der Waals surface area contributed by atoms with Gasteiger partial charge in [-0.25, -0.2) is 0 Å². The lowest BCUT2D eigenvalue weighted by molar-refractivity contribution is -0.00576. The van der Waals surface area contributed by atoms with Crippen LogP contribution in [0.15, 0.2) is 42.6 Å². The van der Waals surface area contributed by atoms with Crippen molar-refractivity contribution in [2.45, 2.75) is 39.4 Å². The third kappa shape index (κ3) is 4.71. The lowest BCUT2D eigenvalue weighted by Crippen LogP contribution is -2.46. The Morgan fingerprint density at radius 1 is 1.03 bits per heavy atom. The summed E-state index contributed by atoms with van der Waals surface area (Å²) in [4.78, 5) is 10.4. The molecule has 3 aromatic rings. The largest absolute Gasteiger partial charge is 0.372 e. The molecule has 3 heterocycles. The number of hydrogen-bond acceptors (Lipinski definition) is 7. The van der Waals surface area contributed by atoms with Gasteiger partial charge < -0.3 is 15.0 Å². The van der Waals surface area contributed by atoms with Crippen molar-refractivity contribution in [3.63, 3.8) is 0 Å². The maximum absolute atomic E-state index is 14.2. The molecule has 156 valence electrons. The highest BCUT2D eigenvalue weighted by atomic mass is 19.1. The number of aromatic nitrogens is 4. The van der Waals surface area contributed by atoms with Crippen LogP contribution in [0.5, 0.6) is 0 Å². The molecular weight excluding hydrogens is 383 g/mol. The van der Waals surface area contributed by atoms with Gasteiger partial charge >= 0.3 is 0 Å². The maximum atomic E-state index is 14.2. The van der Waals surface area contributed by atoms with Crippen LogP contribution in [-0.2, 0) is 11.2 Å². The van der Waals surface area contributed by atoms with E-state index >= 15 is 0 Å². The van der Waals surface area contributed by atoms with Gasteiger partial charge in [0.1, 0.15) is 5.82 Å². The van der Waals surface area contributed by atoms with Crippen molar-refractivity contribution in [3.05, 3.63) is 54.1 Å². The van der Waals surface area contributed by atoms with E-state index in [2.05, 4.69) is 56.7 Å². The first-order valence-electron chi connectivity index (χ1n) is 10.1. The first-order chi connectivity index (χ1) is 14.5. The smallest absolute Gasteiger partial charge is 0.230 e. The number of rotatable bonds is 5. The molecule has 0 unspecified atom stereocenters. The van der Waals surface area contributed by atoms with Crippen LogP contribution >= 0.6 is 0 Å². The van der Waals surface area contributed by atoms with Gasteiger partial charge in [0.05, 0.1) is 18.4 Å². The molecule has 30 heavy (non-hydrogen) atoms. The molecule has 2 atom stereocenters. The predicted molar refractivity (Wildman–Crippen MR) is 114 cm³/mol. The van der Waals surface area contributed by atoms with Crippen molar-refractivity contribution in [2.24, 2.45) is 0 Å². The fourth-order valence-electron chi connectivity index (χ4n) is 3.60. The lowest BCUT2D eigenvalue weighted by atomic mass is 10.1. The van der Waals surface area contributed by atoms with E-state index in [4.69, 9.17) is 4.74 Å². The Kier molecular flexibility index (Phi) is 5.85. The molecule has 0 aliphatic carbocycles. The molecule has 0 bridgehead atoms. The molecule has 7 nitrogen and oxygen atoms in total. The number of nitrogens with one attached hydrogen (secondary N) is 1. The molecule has 1 aliphatic heterocycles. The highest BCUT2D eigenvalue weighted by Gasteiger charge is 2.24. The number of aryl methyl sites for hydroxylation is 1. The number of hydrogen-bond donors (Lipinski definition) is 1. The van der Waals surface area contributed by atoms with Crippen LogP contribution in [-0.4, -0.2) is 45.5 Å². The van der Waals surface area contributed by atoms with Crippen molar-refractivity contribution in [1.29, 1.82) is 0 Å². The van der Waals surface area contributed by atoms with E-state index < -0.39 is 5.95 Å². The Hall–Kier alpha value is -3.13. The molecule has 1 saturated heterocycles. The zero-order valence-electron chi connectivity index (χ0n) is 17.3. The summed E-state index contributed by atoms with van der Waals surface area (Å²) in [5.74, 6) is 0.546. The van der Waals surface area contributed by atoms with Crippen LogP contribution in [0.2, 0.25) is 0 Å². The van der Waals surface area contributed by atoms with Crippen molar-refractivity contribution in [3.8, 4) is 11.1 Å². The van der Waals surface area contributed by atoms with E-state index in [1.165, 1.54) is 11.6 Å². The zero-order chi connectivity index (χ0) is 21.1. The summed E-state index contributed by atoms with van der Waals surface area (Å²) in [6.45, 7) is 7.30. The topological polar surface area (TPSA) is 76.1 Å². The minimum absolute atomic E-state index is 0.0265. The van der Waals surface area contributed by atoms with Gasteiger partial charge in [-0.1, -0.05) is 31.2 Å². The summed E-state index contributed by atoms with van der Waals surface area (Å²) in [7, 11) is 0.